The maximum absolute atomic E-state index is 8.64. The highest BCUT2D eigenvalue weighted by molar-refractivity contribution is 5.94. The van der Waals surface area contributed by atoms with Crippen molar-refractivity contribution in [3.8, 4) is 0 Å². The molecule has 4 N–H and O–H groups in total. The third-order valence-corrected chi connectivity index (χ3v) is 3.18. The van der Waals surface area contributed by atoms with Crippen molar-refractivity contribution in [2.75, 3.05) is 13.2 Å². The summed E-state index contributed by atoms with van der Waals surface area (Å²) in [4.78, 5) is 8.42. The Morgan fingerprint density at radius 2 is 1.52 bits per heavy atom. The fourth-order valence-electron chi connectivity index (χ4n) is 1.84. The number of nitrogens with one attached hydrogen (secondary N) is 2. The van der Waals surface area contributed by atoms with Crippen molar-refractivity contribution in [1.29, 1.82) is 10.8 Å². The molecule has 2 aromatic heterocycles. The molecule has 0 fully saturated rings. The lowest BCUT2D eigenvalue weighted by Gasteiger charge is -2.01. The molecule has 146 valence electrons. The second-order valence-corrected chi connectivity index (χ2v) is 5.73. The van der Waals surface area contributed by atoms with E-state index in [-0.39, 0.29) is 13.2 Å². The third kappa shape index (κ3) is 11.5. The Morgan fingerprint density at radius 1 is 1.00 bits per heavy atom. The summed E-state index contributed by atoms with van der Waals surface area (Å²) in [5.74, 6) is 0. The van der Waals surface area contributed by atoms with Gasteiger partial charge in [-0.15, -0.1) is 6.58 Å². The predicted octanol–water partition coefficient (Wildman–Crippen LogP) is 3.34. The van der Waals surface area contributed by atoms with Gasteiger partial charge in [0, 0.05) is 18.0 Å². The zero-order valence-electron chi connectivity index (χ0n) is 16.4. The van der Waals surface area contributed by atoms with Gasteiger partial charge in [0.05, 0.1) is 29.4 Å². The molecule has 6 nitrogen and oxygen atoms in total. The zero-order valence-corrected chi connectivity index (χ0v) is 16.4. The summed E-state index contributed by atoms with van der Waals surface area (Å²) < 4.78 is 0. The van der Waals surface area contributed by atoms with Crippen LogP contribution in [-0.2, 0) is 6.42 Å². The van der Waals surface area contributed by atoms with Gasteiger partial charge >= 0.3 is 0 Å². The van der Waals surface area contributed by atoms with Crippen LogP contribution in [0, 0.1) is 17.7 Å². The summed E-state index contributed by atoms with van der Waals surface area (Å²) in [6.07, 6.45) is 2.94. The molecule has 0 amide bonds. The minimum Gasteiger partial charge on any atom is -0.396 e. The van der Waals surface area contributed by atoms with Crippen LogP contribution in [-0.4, -0.2) is 44.8 Å². The third-order valence-electron chi connectivity index (χ3n) is 3.18. The molecule has 0 aliphatic carbocycles. The van der Waals surface area contributed by atoms with Crippen LogP contribution < -0.4 is 0 Å². The van der Waals surface area contributed by atoms with Crippen LogP contribution in [0.3, 0.4) is 0 Å². The number of nitrogens with zero attached hydrogens (tertiary/aromatic N) is 2. The first-order chi connectivity index (χ1) is 12.8. The Balaban J connectivity index is 0.000000428. The fourth-order valence-corrected chi connectivity index (χ4v) is 1.84. The Labute approximate surface area is 161 Å². The summed E-state index contributed by atoms with van der Waals surface area (Å²) in [6, 6.07) is 11.3. The SMILES string of the molecule is C=CCO.CC(=N)c1cccc(C)n1.CC(=N)c1cccc(CCCO)n1. The minimum absolute atomic E-state index is 0.0833. The Morgan fingerprint density at radius 3 is 1.93 bits per heavy atom. The lowest BCUT2D eigenvalue weighted by Crippen LogP contribution is -2.00. The van der Waals surface area contributed by atoms with Gasteiger partial charge in [-0.25, -0.2) is 0 Å². The van der Waals surface area contributed by atoms with Crippen LogP contribution in [0.1, 0.15) is 43.0 Å². The van der Waals surface area contributed by atoms with Crippen LogP contribution in [0.5, 0.6) is 0 Å². The summed E-state index contributed by atoms with van der Waals surface area (Å²) in [7, 11) is 0. The Hall–Kier alpha value is -2.70. The molecule has 0 atom stereocenters. The van der Waals surface area contributed by atoms with Crippen molar-refractivity contribution in [1.82, 2.24) is 9.97 Å². The molecule has 0 aromatic carbocycles. The van der Waals surface area contributed by atoms with Gasteiger partial charge < -0.3 is 21.0 Å². The van der Waals surface area contributed by atoms with E-state index in [0.29, 0.717) is 11.4 Å². The number of hydrogen-bond donors (Lipinski definition) is 4. The maximum atomic E-state index is 8.64. The van der Waals surface area contributed by atoms with E-state index in [1.54, 1.807) is 13.8 Å². The summed E-state index contributed by atoms with van der Waals surface area (Å²) in [6.45, 7) is 8.88. The van der Waals surface area contributed by atoms with Gasteiger partial charge in [0.2, 0.25) is 0 Å². The summed E-state index contributed by atoms with van der Waals surface area (Å²) >= 11 is 0. The largest absolute Gasteiger partial charge is 0.396 e. The minimum atomic E-state index is 0.0833. The summed E-state index contributed by atoms with van der Waals surface area (Å²) in [5, 5.41) is 31.1. The lowest BCUT2D eigenvalue weighted by molar-refractivity contribution is 0.288. The summed E-state index contributed by atoms with van der Waals surface area (Å²) in [5.41, 5.74) is 4.38. The predicted molar refractivity (Wildman–Crippen MR) is 111 cm³/mol. The number of aromatic nitrogens is 2. The molecule has 6 heteroatoms. The molecular weight excluding hydrogens is 340 g/mol. The first-order valence-corrected chi connectivity index (χ1v) is 8.68. The number of pyridine rings is 2. The van der Waals surface area contributed by atoms with Gasteiger partial charge in [-0.3, -0.25) is 9.97 Å². The molecule has 0 unspecified atom stereocenters. The highest BCUT2D eigenvalue weighted by Crippen LogP contribution is 2.02. The molecule has 0 saturated carbocycles. The number of hydrogen-bond acceptors (Lipinski definition) is 6. The molecule has 27 heavy (non-hydrogen) atoms. The van der Waals surface area contributed by atoms with E-state index in [2.05, 4.69) is 16.5 Å². The van der Waals surface area contributed by atoms with Crippen molar-refractivity contribution in [3.63, 3.8) is 0 Å². The molecular formula is C21H30N4O2. The smallest absolute Gasteiger partial charge is 0.0837 e. The van der Waals surface area contributed by atoms with Gasteiger partial charge in [-0.2, -0.15) is 0 Å². The van der Waals surface area contributed by atoms with E-state index >= 15 is 0 Å². The molecule has 2 rings (SSSR count). The zero-order chi connectivity index (χ0) is 20.7. The van der Waals surface area contributed by atoms with Crippen molar-refractivity contribution >= 4 is 11.4 Å². The van der Waals surface area contributed by atoms with Gasteiger partial charge in [0.15, 0.2) is 0 Å². The van der Waals surface area contributed by atoms with E-state index in [1.807, 2.05) is 43.3 Å². The van der Waals surface area contributed by atoms with E-state index in [1.165, 1.54) is 6.08 Å². The maximum Gasteiger partial charge on any atom is 0.0837 e. The van der Waals surface area contributed by atoms with Gasteiger partial charge in [-0.1, -0.05) is 18.2 Å². The average molecular weight is 370 g/mol. The first kappa shape index (κ1) is 24.3. The Bertz CT molecular complexity index is 730. The molecule has 0 radical (unpaired) electrons. The quantitative estimate of drug-likeness (QED) is 0.461. The van der Waals surface area contributed by atoms with Crippen molar-refractivity contribution < 1.29 is 10.2 Å². The van der Waals surface area contributed by atoms with Crippen molar-refractivity contribution in [2.45, 2.75) is 33.6 Å². The average Bonchev–Trinajstić information content (AvgIpc) is 2.67. The van der Waals surface area contributed by atoms with Crippen LogP contribution >= 0.6 is 0 Å². The molecule has 0 aliphatic heterocycles. The van der Waals surface area contributed by atoms with Crippen LogP contribution in [0.4, 0.5) is 0 Å². The van der Waals surface area contributed by atoms with Crippen LogP contribution in [0.2, 0.25) is 0 Å². The molecule has 0 saturated heterocycles. The molecule has 2 heterocycles. The lowest BCUT2D eigenvalue weighted by atomic mass is 10.2. The number of aliphatic hydroxyl groups is 2. The normalized spacial score (nSPS) is 9.22. The number of aliphatic hydroxyl groups excluding tert-OH is 2. The van der Waals surface area contributed by atoms with Crippen molar-refractivity contribution in [2.24, 2.45) is 0 Å². The second kappa shape index (κ2) is 14.5. The van der Waals surface area contributed by atoms with E-state index in [4.69, 9.17) is 21.0 Å². The van der Waals surface area contributed by atoms with E-state index in [9.17, 15) is 0 Å². The van der Waals surface area contributed by atoms with Crippen LogP contribution in [0.15, 0.2) is 49.1 Å². The second-order valence-electron chi connectivity index (χ2n) is 5.73. The van der Waals surface area contributed by atoms with Crippen molar-refractivity contribution in [3.05, 3.63) is 71.8 Å². The molecule has 0 bridgehead atoms. The van der Waals surface area contributed by atoms with Gasteiger partial charge in [0.1, 0.15) is 0 Å². The van der Waals surface area contributed by atoms with E-state index in [0.717, 1.165) is 35.6 Å². The van der Waals surface area contributed by atoms with Crippen LogP contribution in [0.25, 0.3) is 0 Å². The topological polar surface area (TPSA) is 114 Å². The first-order valence-electron chi connectivity index (χ1n) is 8.68. The standard InChI is InChI=1S/C10H14N2O.C8H10N2.C3H6O/c1-8(11)10-6-2-4-9(12-10)5-3-7-13;1-6-4-3-5-8(10-6)7(2)9;1-2-3-4/h2,4,6,11,13H,3,5,7H2,1H3;3-5,9H,1-2H3;2,4H,1,3H2. The number of rotatable bonds is 6. The highest BCUT2D eigenvalue weighted by Gasteiger charge is 1.99. The fraction of sp³-hybridized carbons (Fsp3) is 0.333. The number of aryl methyl sites for hydroxylation is 2. The highest BCUT2D eigenvalue weighted by atomic mass is 16.3. The molecule has 0 aliphatic rings. The van der Waals surface area contributed by atoms with Gasteiger partial charge in [-0.05, 0) is 57.9 Å². The molecule has 0 spiro atoms. The monoisotopic (exact) mass is 370 g/mol. The molecule has 2 aromatic rings. The van der Waals surface area contributed by atoms with Gasteiger partial charge in [0.25, 0.3) is 0 Å². The van der Waals surface area contributed by atoms with E-state index < -0.39 is 0 Å². The Kier molecular flexibility index (Phi) is 13.0.